The lowest BCUT2D eigenvalue weighted by Crippen LogP contribution is -2.13. The van der Waals surface area contributed by atoms with E-state index in [1.165, 1.54) is 5.56 Å². The molecule has 0 radical (unpaired) electrons. The van der Waals surface area contributed by atoms with E-state index in [0.29, 0.717) is 6.61 Å². The van der Waals surface area contributed by atoms with Crippen LogP contribution in [0, 0.1) is 0 Å². The highest BCUT2D eigenvalue weighted by atomic mass is 35.5. The van der Waals surface area contributed by atoms with Crippen LogP contribution in [0.5, 0.6) is 0 Å². The predicted octanol–water partition coefficient (Wildman–Crippen LogP) is 2.15. The van der Waals surface area contributed by atoms with E-state index in [-0.39, 0.29) is 12.4 Å². The molecule has 3 heteroatoms. The monoisotopic (exact) mass is 187 g/mol. The summed E-state index contributed by atoms with van der Waals surface area (Å²) in [6.45, 7) is 3.43. The molecule has 0 aliphatic rings. The Morgan fingerprint density at radius 3 is 2.50 bits per heavy atom. The summed E-state index contributed by atoms with van der Waals surface area (Å²) in [6, 6.07) is 10.2. The molecule has 2 nitrogen and oxygen atoms in total. The Labute approximate surface area is 79.3 Å². The van der Waals surface area contributed by atoms with E-state index in [0.717, 1.165) is 6.54 Å². The summed E-state index contributed by atoms with van der Waals surface area (Å²) in [6.07, 6.45) is 0. The topological polar surface area (TPSA) is 21.3 Å². The van der Waals surface area contributed by atoms with Gasteiger partial charge in [-0.2, -0.15) is 5.48 Å². The molecule has 0 amide bonds. The van der Waals surface area contributed by atoms with Gasteiger partial charge in [0.2, 0.25) is 0 Å². The first kappa shape index (κ1) is 11.4. The lowest BCUT2D eigenvalue weighted by atomic mass is 10.2. The zero-order valence-corrected chi connectivity index (χ0v) is 7.93. The van der Waals surface area contributed by atoms with Crippen LogP contribution in [0.1, 0.15) is 12.5 Å². The fourth-order valence-corrected chi connectivity index (χ4v) is 0.832. The van der Waals surface area contributed by atoms with Gasteiger partial charge in [-0.3, -0.25) is 0 Å². The lowest BCUT2D eigenvalue weighted by Gasteiger charge is -2.02. The van der Waals surface area contributed by atoms with Gasteiger partial charge < -0.3 is 4.84 Å². The second kappa shape index (κ2) is 7.10. The molecule has 0 aliphatic heterocycles. The second-order valence-electron chi connectivity index (χ2n) is 2.24. The summed E-state index contributed by atoms with van der Waals surface area (Å²) in [7, 11) is 0. The number of rotatable bonds is 4. The summed E-state index contributed by atoms with van der Waals surface area (Å²) in [4.78, 5) is 4.99. The highest BCUT2D eigenvalue weighted by molar-refractivity contribution is 5.85. The van der Waals surface area contributed by atoms with Crippen LogP contribution in [0.3, 0.4) is 0 Å². The van der Waals surface area contributed by atoms with E-state index in [9.17, 15) is 0 Å². The molecule has 12 heavy (non-hydrogen) atoms. The largest absolute Gasteiger partial charge is 0.302 e. The third-order valence-corrected chi connectivity index (χ3v) is 1.37. The summed E-state index contributed by atoms with van der Waals surface area (Å²) < 4.78 is 0. The van der Waals surface area contributed by atoms with E-state index in [4.69, 9.17) is 4.84 Å². The highest BCUT2D eigenvalue weighted by Crippen LogP contribution is 1.96. The van der Waals surface area contributed by atoms with Crippen LogP contribution in [0.25, 0.3) is 0 Å². The Bertz CT molecular complexity index is 191. The van der Waals surface area contributed by atoms with Crippen LogP contribution in [-0.2, 0) is 11.4 Å². The standard InChI is InChI=1S/C9H13NO.ClH/c1-2-11-10-8-9-6-4-3-5-7-9;/h3-7,10H,2,8H2,1H3;1H. The van der Waals surface area contributed by atoms with Crippen LogP contribution in [-0.4, -0.2) is 6.61 Å². The number of hydrogen-bond acceptors (Lipinski definition) is 2. The number of hydrogen-bond donors (Lipinski definition) is 1. The molecule has 0 unspecified atom stereocenters. The third kappa shape index (κ3) is 4.34. The van der Waals surface area contributed by atoms with Crippen LogP contribution in [0.15, 0.2) is 30.3 Å². The summed E-state index contributed by atoms with van der Waals surface area (Å²) >= 11 is 0. The summed E-state index contributed by atoms with van der Waals surface area (Å²) in [5.41, 5.74) is 4.09. The van der Waals surface area contributed by atoms with Crippen molar-refractivity contribution in [2.24, 2.45) is 0 Å². The molecule has 1 N–H and O–H groups in total. The Morgan fingerprint density at radius 1 is 1.25 bits per heavy atom. The molecule has 0 heterocycles. The Kier molecular flexibility index (Phi) is 6.76. The Morgan fingerprint density at radius 2 is 1.92 bits per heavy atom. The fourth-order valence-electron chi connectivity index (χ4n) is 0.832. The van der Waals surface area contributed by atoms with E-state index < -0.39 is 0 Å². The molecule has 1 aromatic carbocycles. The van der Waals surface area contributed by atoms with Crippen LogP contribution >= 0.6 is 12.4 Å². The quantitative estimate of drug-likeness (QED) is 0.576. The lowest BCUT2D eigenvalue weighted by molar-refractivity contribution is 0.0463. The van der Waals surface area contributed by atoms with Crippen LogP contribution < -0.4 is 5.48 Å². The zero-order chi connectivity index (χ0) is 7.94. The average Bonchev–Trinajstić information content (AvgIpc) is 2.07. The smallest absolute Gasteiger partial charge is 0.0654 e. The SMILES string of the molecule is CCONCc1ccccc1.Cl. The molecule has 1 rings (SSSR count). The van der Waals surface area contributed by atoms with Gasteiger partial charge >= 0.3 is 0 Å². The molecule has 1 aromatic rings. The fraction of sp³-hybridized carbons (Fsp3) is 0.333. The maximum absolute atomic E-state index is 4.99. The van der Waals surface area contributed by atoms with Crippen molar-refractivity contribution in [2.75, 3.05) is 6.61 Å². The van der Waals surface area contributed by atoms with Crippen molar-refractivity contribution in [3.8, 4) is 0 Å². The Hall–Kier alpha value is -0.570. The normalized spacial score (nSPS) is 9.08. The molecule has 0 spiro atoms. The van der Waals surface area contributed by atoms with Gasteiger partial charge in [0, 0.05) is 6.54 Å². The minimum Gasteiger partial charge on any atom is -0.302 e. The van der Waals surface area contributed by atoms with Gasteiger partial charge in [-0.05, 0) is 12.5 Å². The Balaban J connectivity index is 0.00000121. The number of nitrogens with one attached hydrogen (secondary N) is 1. The van der Waals surface area contributed by atoms with Gasteiger partial charge in [-0.25, -0.2) is 0 Å². The van der Waals surface area contributed by atoms with Crippen LogP contribution in [0.2, 0.25) is 0 Å². The maximum atomic E-state index is 4.99. The number of benzene rings is 1. The molecule has 0 fully saturated rings. The minimum absolute atomic E-state index is 0. The molecule has 0 saturated carbocycles. The molecule has 0 aromatic heterocycles. The maximum Gasteiger partial charge on any atom is 0.0654 e. The van der Waals surface area contributed by atoms with Crippen molar-refractivity contribution in [2.45, 2.75) is 13.5 Å². The third-order valence-electron chi connectivity index (χ3n) is 1.37. The van der Waals surface area contributed by atoms with Gasteiger partial charge in [0.05, 0.1) is 6.61 Å². The first-order valence-electron chi connectivity index (χ1n) is 3.82. The van der Waals surface area contributed by atoms with Crippen molar-refractivity contribution in [1.82, 2.24) is 5.48 Å². The van der Waals surface area contributed by atoms with Crippen LogP contribution in [0.4, 0.5) is 0 Å². The van der Waals surface area contributed by atoms with Crippen molar-refractivity contribution >= 4 is 12.4 Å². The summed E-state index contributed by atoms with van der Waals surface area (Å²) in [5, 5.41) is 0. The average molecular weight is 188 g/mol. The van der Waals surface area contributed by atoms with Gasteiger partial charge in [-0.1, -0.05) is 30.3 Å². The molecular weight excluding hydrogens is 174 g/mol. The van der Waals surface area contributed by atoms with E-state index in [2.05, 4.69) is 17.6 Å². The summed E-state index contributed by atoms with van der Waals surface area (Å²) in [5.74, 6) is 0. The van der Waals surface area contributed by atoms with E-state index in [1.54, 1.807) is 0 Å². The molecule has 0 atom stereocenters. The van der Waals surface area contributed by atoms with Gasteiger partial charge in [0.25, 0.3) is 0 Å². The molecule has 68 valence electrons. The van der Waals surface area contributed by atoms with Crippen molar-refractivity contribution in [1.29, 1.82) is 0 Å². The predicted molar refractivity (Wildman–Crippen MR) is 52.2 cm³/mol. The van der Waals surface area contributed by atoms with Gasteiger partial charge in [-0.15, -0.1) is 12.4 Å². The van der Waals surface area contributed by atoms with Crippen molar-refractivity contribution < 1.29 is 4.84 Å². The highest BCUT2D eigenvalue weighted by Gasteiger charge is 1.87. The molecule has 0 saturated heterocycles. The van der Waals surface area contributed by atoms with Gasteiger partial charge in [0.1, 0.15) is 0 Å². The van der Waals surface area contributed by atoms with E-state index in [1.807, 2.05) is 25.1 Å². The zero-order valence-electron chi connectivity index (χ0n) is 7.12. The van der Waals surface area contributed by atoms with E-state index >= 15 is 0 Å². The minimum atomic E-state index is 0. The van der Waals surface area contributed by atoms with Crippen molar-refractivity contribution in [3.05, 3.63) is 35.9 Å². The molecule has 0 aliphatic carbocycles. The number of hydroxylamine groups is 1. The molecule has 0 bridgehead atoms. The molecular formula is C9H14ClNO. The van der Waals surface area contributed by atoms with Crippen molar-refractivity contribution in [3.63, 3.8) is 0 Å². The number of halogens is 1. The first-order chi connectivity index (χ1) is 5.43. The van der Waals surface area contributed by atoms with Gasteiger partial charge in [0.15, 0.2) is 0 Å². The second-order valence-corrected chi connectivity index (χ2v) is 2.24. The first-order valence-corrected chi connectivity index (χ1v) is 3.82.